The first-order valence-electron chi connectivity index (χ1n) is 7.89. The lowest BCUT2D eigenvalue weighted by Gasteiger charge is -2.13. The van der Waals surface area contributed by atoms with Crippen molar-refractivity contribution in [2.45, 2.75) is 26.8 Å². The van der Waals surface area contributed by atoms with Gasteiger partial charge in [0.15, 0.2) is 5.96 Å². The lowest BCUT2D eigenvalue weighted by Crippen LogP contribution is -2.38. The molecule has 1 heterocycles. The smallest absolute Gasteiger partial charge is 0.191 e. The highest BCUT2D eigenvalue weighted by molar-refractivity contribution is 7.07. The van der Waals surface area contributed by atoms with Crippen molar-refractivity contribution in [3.63, 3.8) is 0 Å². The summed E-state index contributed by atoms with van der Waals surface area (Å²) in [4.78, 5) is 4.62. The summed E-state index contributed by atoms with van der Waals surface area (Å²) >= 11 is 1.70. The number of nitrogens with one attached hydrogen (secondary N) is 2. The molecule has 4 nitrogen and oxygen atoms in total. The number of aliphatic imine (C=N–C) groups is 1. The van der Waals surface area contributed by atoms with E-state index < -0.39 is 0 Å². The summed E-state index contributed by atoms with van der Waals surface area (Å²) in [5.41, 5.74) is 3.71. The van der Waals surface area contributed by atoms with Gasteiger partial charge in [0.2, 0.25) is 0 Å². The van der Waals surface area contributed by atoms with Gasteiger partial charge in [0.1, 0.15) is 5.75 Å². The lowest BCUT2D eigenvalue weighted by molar-refractivity contribution is 0.409. The minimum atomic E-state index is 0.701. The molecule has 1 aromatic heterocycles. The normalized spacial score (nSPS) is 11.3. The number of benzene rings is 1. The predicted molar refractivity (Wildman–Crippen MR) is 98.6 cm³/mol. The molecule has 0 bridgehead atoms. The molecule has 0 aliphatic rings. The Labute approximate surface area is 142 Å². The van der Waals surface area contributed by atoms with E-state index in [4.69, 9.17) is 4.74 Å². The number of hydrogen-bond acceptors (Lipinski definition) is 3. The zero-order valence-electron chi connectivity index (χ0n) is 14.1. The molecule has 0 amide bonds. The highest BCUT2D eigenvalue weighted by Crippen LogP contribution is 2.19. The van der Waals surface area contributed by atoms with Crippen LogP contribution in [0.1, 0.15) is 23.6 Å². The van der Waals surface area contributed by atoms with E-state index in [0.29, 0.717) is 6.54 Å². The third kappa shape index (κ3) is 5.60. The Balaban J connectivity index is 1.91. The van der Waals surface area contributed by atoms with Gasteiger partial charge < -0.3 is 15.4 Å². The number of ether oxygens (including phenoxy) is 1. The van der Waals surface area contributed by atoms with E-state index in [9.17, 15) is 0 Å². The molecule has 23 heavy (non-hydrogen) atoms. The summed E-state index contributed by atoms with van der Waals surface area (Å²) in [7, 11) is 1.72. The second-order valence-electron chi connectivity index (χ2n) is 5.32. The molecule has 2 aromatic rings. The van der Waals surface area contributed by atoms with E-state index in [0.717, 1.165) is 31.2 Å². The third-order valence-corrected chi connectivity index (χ3v) is 4.20. The number of thiophene rings is 1. The SMILES string of the molecule is CCNC(=NCc1ccsc1)NCCc1cc(C)ccc1OC. The summed E-state index contributed by atoms with van der Waals surface area (Å²) in [6.07, 6.45) is 0.897. The van der Waals surface area contributed by atoms with E-state index in [2.05, 4.69) is 58.4 Å². The van der Waals surface area contributed by atoms with Crippen LogP contribution in [0.3, 0.4) is 0 Å². The van der Waals surface area contributed by atoms with Gasteiger partial charge in [-0.25, -0.2) is 4.99 Å². The summed E-state index contributed by atoms with van der Waals surface area (Å²) in [6, 6.07) is 8.38. The standard InChI is InChI=1S/C18H25N3OS/c1-4-19-18(21-12-15-8-10-23-13-15)20-9-7-16-11-14(2)5-6-17(16)22-3/h5-6,8,10-11,13H,4,7,9,12H2,1-3H3,(H2,19,20,21). The largest absolute Gasteiger partial charge is 0.496 e. The van der Waals surface area contributed by atoms with Gasteiger partial charge in [-0.3, -0.25) is 0 Å². The Morgan fingerprint density at radius 2 is 2.13 bits per heavy atom. The molecule has 0 radical (unpaired) electrons. The van der Waals surface area contributed by atoms with E-state index in [1.807, 2.05) is 6.07 Å². The molecule has 0 fully saturated rings. The third-order valence-electron chi connectivity index (χ3n) is 3.47. The Bertz CT molecular complexity index is 623. The van der Waals surface area contributed by atoms with Crippen molar-refractivity contribution in [2.24, 2.45) is 4.99 Å². The molecule has 0 saturated heterocycles. The molecule has 1 aromatic carbocycles. The molecule has 5 heteroatoms. The van der Waals surface area contributed by atoms with Crippen LogP contribution >= 0.6 is 11.3 Å². The summed E-state index contributed by atoms with van der Waals surface area (Å²) in [5, 5.41) is 10.9. The molecule has 0 aliphatic heterocycles. The molecule has 124 valence electrons. The quantitative estimate of drug-likeness (QED) is 0.604. The molecular weight excluding hydrogens is 306 g/mol. The Morgan fingerprint density at radius 3 is 2.83 bits per heavy atom. The molecule has 0 atom stereocenters. The van der Waals surface area contributed by atoms with E-state index in [1.54, 1.807) is 18.4 Å². The predicted octanol–water partition coefficient (Wildman–Crippen LogP) is 3.36. The average molecular weight is 331 g/mol. The van der Waals surface area contributed by atoms with Crippen LogP contribution in [0, 0.1) is 6.92 Å². The summed E-state index contributed by atoms with van der Waals surface area (Å²) in [5.74, 6) is 1.79. The molecule has 0 unspecified atom stereocenters. The van der Waals surface area contributed by atoms with Gasteiger partial charge in [-0.15, -0.1) is 0 Å². The first-order chi connectivity index (χ1) is 11.2. The van der Waals surface area contributed by atoms with E-state index >= 15 is 0 Å². The zero-order chi connectivity index (χ0) is 16.5. The zero-order valence-corrected chi connectivity index (χ0v) is 14.9. The van der Waals surface area contributed by atoms with E-state index in [1.165, 1.54) is 16.7 Å². The molecule has 2 rings (SSSR count). The van der Waals surface area contributed by atoms with Crippen molar-refractivity contribution < 1.29 is 4.74 Å². The highest BCUT2D eigenvalue weighted by Gasteiger charge is 2.04. The first-order valence-corrected chi connectivity index (χ1v) is 8.84. The number of rotatable bonds is 7. The number of aryl methyl sites for hydroxylation is 1. The number of methoxy groups -OCH3 is 1. The highest BCUT2D eigenvalue weighted by atomic mass is 32.1. The van der Waals surface area contributed by atoms with Gasteiger partial charge in [-0.2, -0.15) is 11.3 Å². The first kappa shape index (κ1) is 17.3. The topological polar surface area (TPSA) is 45.7 Å². The minimum Gasteiger partial charge on any atom is -0.496 e. The van der Waals surface area contributed by atoms with Gasteiger partial charge in [0.05, 0.1) is 13.7 Å². The fourth-order valence-electron chi connectivity index (χ4n) is 2.31. The van der Waals surface area contributed by atoms with Crippen molar-refractivity contribution in [1.82, 2.24) is 10.6 Å². The van der Waals surface area contributed by atoms with Crippen LogP contribution in [0.15, 0.2) is 40.0 Å². The van der Waals surface area contributed by atoms with Crippen molar-refractivity contribution in [1.29, 1.82) is 0 Å². The molecule has 2 N–H and O–H groups in total. The van der Waals surface area contributed by atoms with Gasteiger partial charge in [0.25, 0.3) is 0 Å². The number of hydrogen-bond donors (Lipinski definition) is 2. The van der Waals surface area contributed by atoms with Crippen molar-refractivity contribution in [2.75, 3.05) is 20.2 Å². The van der Waals surface area contributed by atoms with Crippen LogP contribution in [0.2, 0.25) is 0 Å². The second kappa shape index (κ2) is 9.20. The summed E-state index contributed by atoms with van der Waals surface area (Å²) < 4.78 is 5.43. The number of guanidine groups is 1. The molecule has 0 aliphatic carbocycles. The Kier molecular flexibility index (Phi) is 6.94. The van der Waals surface area contributed by atoms with Crippen molar-refractivity contribution >= 4 is 17.3 Å². The molecule has 0 saturated carbocycles. The number of nitrogens with zero attached hydrogens (tertiary/aromatic N) is 1. The Hall–Kier alpha value is -2.01. The molecule has 0 spiro atoms. The second-order valence-corrected chi connectivity index (χ2v) is 6.10. The monoisotopic (exact) mass is 331 g/mol. The van der Waals surface area contributed by atoms with Gasteiger partial charge >= 0.3 is 0 Å². The van der Waals surface area contributed by atoms with Crippen molar-refractivity contribution in [3.05, 3.63) is 51.7 Å². The van der Waals surface area contributed by atoms with Gasteiger partial charge in [-0.05, 0) is 54.3 Å². The van der Waals surface area contributed by atoms with Crippen LogP contribution in [0.5, 0.6) is 5.75 Å². The van der Waals surface area contributed by atoms with Crippen LogP contribution in [-0.4, -0.2) is 26.2 Å². The van der Waals surface area contributed by atoms with Crippen LogP contribution in [-0.2, 0) is 13.0 Å². The molecular formula is C18H25N3OS. The maximum absolute atomic E-state index is 5.43. The maximum Gasteiger partial charge on any atom is 0.191 e. The minimum absolute atomic E-state index is 0.701. The van der Waals surface area contributed by atoms with E-state index in [-0.39, 0.29) is 0 Å². The lowest BCUT2D eigenvalue weighted by atomic mass is 10.1. The fraction of sp³-hybridized carbons (Fsp3) is 0.389. The van der Waals surface area contributed by atoms with Gasteiger partial charge in [-0.1, -0.05) is 17.7 Å². The summed E-state index contributed by atoms with van der Waals surface area (Å²) in [6.45, 7) is 6.54. The van der Waals surface area contributed by atoms with Gasteiger partial charge in [0, 0.05) is 13.1 Å². The van der Waals surface area contributed by atoms with Crippen LogP contribution < -0.4 is 15.4 Å². The van der Waals surface area contributed by atoms with Crippen LogP contribution in [0.25, 0.3) is 0 Å². The van der Waals surface area contributed by atoms with Crippen molar-refractivity contribution in [3.8, 4) is 5.75 Å². The maximum atomic E-state index is 5.43. The Morgan fingerprint density at radius 1 is 1.26 bits per heavy atom. The average Bonchev–Trinajstić information content (AvgIpc) is 3.06. The fourth-order valence-corrected chi connectivity index (χ4v) is 2.97. The van der Waals surface area contributed by atoms with Crippen LogP contribution in [0.4, 0.5) is 0 Å².